The van der Waals surface area contributed by atoms with Crippen LogP contribution in [0.4, 0.5) is 0 Å². The molecule has 2 aromatic rings. The lowest BCUT2D eigenvalue weighted by Gasteiger charge is -2.12. The summed E-state index contributed by atoms with van der Waals surface area (Å²) in [4.78, 5) is 45.6. The fourth-order valence-electron chi connectivity index (χ4n) is 2.54. The van der Waals surface area contributed by atoms with Crippen LogP contribution in [-0.4, -0.2) is 30.0 Å². The highest BCUT2D eigenvalue weighted by Crippen LogP contribution is 2.40. The first-order valence-corrected chi connectivity index (χ1v) is 8.60. The fraction of sp³-hybridized carbons (Fsp3) is 0.438. The molecule has 0 radical (unpaired) electrons. The average molecular weight is 362 g/mol. The number of aliphatic hydroxyl groups excluding tert-OH is 1. The predicted octanol–water partition coefficient (Wildman–Crippen LogP) is 1.38. The van der Waals surface area contributed by atoms with Gasteiger partial charge in [-0.15, -0.1) is 0 Å². The van der Waals surface area contributed by atoms with Gasteiger partial charge in [-0.1, -0.05) is 11.8 Å². The Morgan fingerprint density at radius 3 is 2.32 bits per heavy atom. The van der Waals surface area contributed by atoms with E-state index in [0.29, 0.717) is 5.82 Å². The van der Waals surface area contributed by atoms with E-state index >= 15 is 0 Å². The van der Waals surface area contributed by atoms with E-state index in [4.69, 9.17) is 0 Å². The Balaban J connectivity index is 2.37. The lowest BCUT2D eigenvalue weighted by atomic mass is 10.3. The van der Waals surface area contributed by atoms with Gasteiger partial charge in [-0.25, -0.2) is 14.8 Å². The van der Waals surface area contributed by atoms with Gasteiger partial charge in [-0.05, 0) is 26.7 Å². The predicted molar refractivity (Wildman–Crippen MR) is 93.9 cm³/mol. The van der Waals surface area contributed by atoms with Crippen LogP contribution < -0.4 is 11.2 Å². The highest BCUT2D eigenvalue weighted by atomic mass is 32.2. The molecule has 0 unspecified atom stereocenters. The molecule has 0 saturated heterocycles. The number of allylic oxidation sites excluding steroid dienone is 2. The van der Waals surface area contributed by atoms with Crippen LogP contribution in [0.2, 0.25) is 0 Å². The van der Waals surface area contributed by atoms with Gasteiger partial charge in [0.05, 0.1) is 4.91 Å². The van der Waals surface area contributed by atoms with Gasteiger partial charge in [0.25, 0.3) is 5.56 Å². The molecule has 132 valence electrons. The number of rotatable bonds is 4. The second kappa shape index (κ2) is 6.14. The van der Waals surface area contributed by atoms with Gasteiger partial charge < -0.3 is 5.11 Å². The topological polar surface area (TPSA) is 107 Å². The maximum Gasteiger partial charge on any atom is 0.332 e. The Morgan fingerprint density at radius 2 is 1.80 bits per heavy atom. The number of hydrogen-bond acceptors (Lipinski definition) is 7. The minimum Gasteiger partial charge on any atom is -0.511 e. The summed E-state index contributed by atoms with van der Waals surface area (Å²) in [5.41, 5.74) is -0.762. The molecule has 1 aliphatic carbocycles. The van der Waals surface area contributed by atoms with E-state index in [1.54, 1.807) is 7.05 Å². The largest absolute Gasteiger partial charge is 0.511 e. The van der Waals surface area contributed by atoms with Crippen molar-refractivity contribution in [2.75, 3.05) is 0 Å². The summed E-state index contributed by atoms with van der Waals surface area (Å²) in [5, 5.41) is 10.2. The fourth-order valence-corrected chi connectivity index (χ4v) is 3.44. The molecule has 25 heavy (non-hydrogen) atoms. The van der Waals surface area contributed by atoms with Crippen molar-refractivity contribution in [3.05, 3.63) is 37.3 Å². The number of thioether (sulfide) groups is 1. The maximum atomic E-state index is 12.6. The Morgan fingerprint density at radius 1 is 1.16 bits per heavy atom. The molecule has 3 rings (SSSR count). The van der Waals surface area contributed by atoms with Crippen LogP contribution in [0.15, 0.2) is 25.3 Å². The van der Waals surface area contributed by atoms with Gasteiger partial charge >= 0.3 is 5.69 Å². The Labute approximate surface area is 147 Å². The highest BCUT2D eigenvalue weighted by Gasteiger charge is 2.29. The van der Waals surface area contributed by atoms with Crippen molar-refractivity contribution in [1.82, 2.24) is 19.1 Å². The number of nitrogens with zero attached hydrogens (tertiary/aromatic N) is 4. The number of fused-ring (bicyclic) bond motifs is 1. The van der Waals surface area contributed by atoms with E-state index in [2.05, 4.69) is 9.97 Å². The summed E-state index contributed by atoms with van der Waals surface area (Å²) < 4.78 is 2.28. The lowest BCUT2D eigenvalue weighted by molar-refractivity contribution is -0.113. The molecule has 1 fully saturated rings. The SMILES string of the molecule is CC(=O)/C(Sc1nc(C2CC2)nc2c1c(=O)n(C)c(=O)n2C)=C(\C)O. The van der Waals surface area contributed by atoms with Crippen molar-refractivity contribution in [1.29, 1.82) is 0 Å². The smallest absolute Gasteiger partial charge is 0.332 e. The number of hydrogen-bond donors (Lipinski definition) is 1. The molecular weight excluding hydrogens is 344 g/mol. The van der Waals surface area contributed by atoms with Gasteiger partial charge in [-0.3, -0.25) is 18.7 Å². The molecule has 8 nitrogen and oxygen atoms in total. The van der Waals surface area contributed by atoms with E-state index in [9.17, 15) is 19.5 Å². The van der Waals surface area contributed by atoms with Gasteiger partial charge in [0.1, 0.15) is 22.0 Å². The van der Waals surface area contributed by atoms with Crippen molar-refractivity contribution >= 4 is 28.6 Å². The zero-order valence-electron chi connectivity index (χ0n) is 14.4. The van der Waals surface area contributed by atoms with E-state index in [1.165, 1.54) is 25.5 Å². The van der Waals surface area contributed by atoms with Crippen LogP contribution in [-0.2, 0) is 18.9 Å². The molecule has 0 aromatic carbocycles. The van der Waals surface area contributed by atoms with Crippen LogP contribution >= 0.6 is 11.8 Å². The van der Waals surface area contributed by atoms with E-state index < -0.39 is 11.2 Å². The summed E-state index contributed by atoms with van der Waals surface area (Å²) >= 11 is 0.931. The Kier molecular flexibility index (Phi) is 4.28. The molecule has 0 aliphatic heterocycles. The normalized spacial score (nSPS) is 15.4. The van der Waals surface area contributed by atoms with Crippen molar-refractivity contribution in [3.63, 3.8) is 0 Å². The standard InChI is InChI=1S/C16H18N4O4S/c1-7(21)11(8(2)22)25-14-10-13(17-12(18-14)9-5-6-9)19(3)16(24)20(4)15(10)23/h9,21H,5-6H2,1-4H3/b11-7-. The number of carbonyl (C=O) groups excluding carboxylic acids is 1. The van der Waals surface area contributed by atoms with Gasteiger partial charge in [0, 0.05) is 20.0 Å². The first-order chi connectivity index (χ1) is 11.7. The average Bonchev–Trinajstić information content (AvgIpc) is 3.39. The van der Waals surface area contributed by atoms with Crippen molar-refractivity contribution in [2.45, 2.75) is 37.6 Å². The zero-order valence-corrected chi connectivity index (χ0v) is 15.2. The third kappa shape index (κ3) is 2.99. The first-order valence-electron chi connectivity index (χ1n) is 7.78. The minimum atomic E-state index is -0.526. The summed E-state index contributed by atoms with van der Waals surface area (Å²) in [5.74, 6) is 0.282. The molecule has 0 atom stereocenters. The molecule has 0 amide bonds. The second-order valence-electron chi connectivity index (χ2n) is 6.14. The second-order valence-corrected chi connectivity index (χ2v) is 7.14. The quantitative estimate of drug-likeness (QED) is 0.379. The molecule has 0 bridgehead atoms. The van der Waals surface area contributed by atoms with Crippen molar-refractivity contribution in [3.8, 4) is 0 Å². The summed E-state index contributed by atoms with van der Waals surface area (Å²) in [6.45, 7) is 2.74. The van der Waals surface area contributed by atoms with Crippen LogP contribution in [0.25, 0.3) is 11.0 Å². The van der Waals surface area contributed by atoms with Gasteiger partial charge in [0.2, 0.25) is 0 Å². The molecule has 1 saturated carbocycles. The number of aryl methyl sites for hydroxylation is 1. The zero-order chi connectivity index (χ0) is 18.5. The van der Waals surface area contributed by atoms with E-state index in [0.717, 1.165) is 29.2 Å². The third-order valence-corrected chi connectivity index (χ3v) is 5.35. The van der Waals surface area contributed by atoms with Gasteiger partial charge in [0.15, 0.2) is 11.4 Å². The molecule has 2 aromatic heterocycles. The number of ketones is 1. The van der Waals surface area contributed by atoms with Crippen molar-refractivity contribution < 1.29 is 9.90 Å². The summed E-state index contributed by atoms with van der Waals surface area (Å²) in [6.07, 6.45) is 1.89. The van der Waals surface area contributed by atoms with Gasteiger partial charge in [-0.2, -0.15) is 0 Å². The first kappa shape index (κ1) is 17.4. The molecule has 9 heteroatoms. The molecular formula is C16H18N4O4S. The van der Waals surface area contributed by atoms with E-state index in [-0.39, 0.29) is 38.4 Å². The summed E-state index contributed by atoms with van der Waals surface area (Å²) in [6, 6.07) is 0. The lowest BCUT2D eigenvalue weighted by Crippen LogP contribution is -2.37. The maximum absolute atomic E-state index is 12.6. The van der Waals surface area contributed by atoms with Crippen LogP contribution in [0.5, 0.6) is 0 Å². The highest BCUT2D eigenvalue weighted by molar-refractivity contribution is 8.04. The number of Topliss-reactive ketones (excluding diaryl/α,β-unsaturated/α-hetero) is 1. The van der Waals surface area contributed by atoms with Crippen LogP contribution in [0.1, 0.15) is 38.4 Å². The van der Waals surface area contributed by atoms with Crippen LogP contribution in [0, 0.1) is 0 Å². The summed E-state index contributed by atoms with van der Waals surface area (Å²) in [7, 11) is 2.92. The molecule has 2 heterocycles. The Bertz CT molecular complexity index is 1040. The minimum absolute atomic E-state index is 0.109. The van der Waals surface area contributed by atoms with E-state index in [1.807, 2.05) is 0 Å². The molecule has 0 spiro atoms. The molecule has 1 N–H and O–H groups in total. The number of carbonyl (C=O) groups is 1. The third-order valence-electron chi connectivity index (χ3n) is 4.07. The Hall–Kier alpha value is -2.42. The number of aromatic nitrogens is 4. The number of aliphatic hydroxyl groups is 1. The monoisotopic (exact) mass is 362 g/mol. The molecule has 1 aliphatic rings. The van der Waals surface area contributed by atoms with Crippen molar-refractivity contribution in [2.24, 2.45) is 14.1 Å². The van der Waals surface area contributed by atoms with Crippen LogP contribution in [0.3, 0.4) is 0 Å².